The molecule has 2 heterocycles. The maximum Gasteiger partial charge on any atom is 0.141 e. The molecular weight excluding hydrogens is 212 g/mol. The van der Waals surface area contributed by atoms with Crippen LogP contribution in [0.1, 0.15) is 5.56 Å². The van der Waals surface area contributed by atoms with Gasteiger partial charge in [-0.25, -0.2) is 9.97 Å². The molecule has 0 aliphatic carbocycles. The van der Waals surface area contributed by atoms with E-state index < -0.39 is 0 Å². The summed E-state index contributed by atoms with van der Waals surface area (Å²) in [5.41, 5.74) is 9.43. The Morgan fingerprint density at radius 3 is 2.82 bits per heavy atom. The Morgan fingerprint density at radius 2 is 2.00 bits per heavy atom. The van der Waals surface area contributed by atoms with Gasteiger partial charge in [-0.2, -0.15) is 0 Å². The third-order valence-corrected chi connectivity index (χ3v) is 2.75. The standard InChI is InChI=1S/C13H12N4/c1-9-6-10(14)7-15-13(9)17-8-16-11-4-2-3-5-12(11)17/h2-8H,14H2,1H3. The van der Waals surface area contributed by atoms with Gasteiger partial charge in [-0.1, -0.05) is 12.1 Å². The molecule has 2 aromatic heterocycles. The number of para-hydroxylation sites is 2. The molecule has 0 amide bonds. The van der Waals surface area contributed by atoms with Crippen LogP contribution in [-0.4, -0.2) is 14.5 Å². The Labute approximate surface area is 98.7 Å². The number of pyridine rings is 1. The smallest absolute Gasteiger partial charge is 0.141 e. The number of benzene rings is 1. The normalized spacial score (nSPS) is 10.9. The summed E-state index contributed by atoms with van der Waals surface area (Å²) in [6.45, 7) is 1.99. The fourth-order valence-electron chi connectivity index (χ4n) is 1.97. The molecular formula is C13H12N4. The van der Waals surface area contributed by atoms with Crippen LogP contribution in [0.5, 0.6) is 0 Å². The maximum atomic E-state index is 5.71. The van der Waals surface area contributed by atoms with Crippen molar-refractivity contribution in [3.63, 3.8) is 0 Å². The van der Waals surface area contributed by atoms with Gasteiger partial charge in [0.2, 0.25) is 0 Å². The van der Waals surface area contributed by atoms with E-state index in [0.29, 0.717) is 5.69 Å². The van der Waals surface area contributed by atoms with Gasteiger partial charge in [0.05, 0.1) is 22.9 Å². The number of nitrogens with two attached hydrogens (primary N) is 1. The van der Waals surface area contributed by atoms with Crippen LogP contribution < -0.4 is 5.73 Å². The van der Waals surface area contributed by atoms with E-state index in [1.807, 2.05) is 41.8 Å². The summed E-state index contributed by atoms with van der Waals surface area (Å²) in [5, 5.41) is 0. The summed E-state index contributed by atoms with van der Waals surface area (Å²) in [7, 11) is 0. The molecule has 1 aromatic carbocycles. The number of aromatic nitrogens is 3. The van der Waals surface area contributed by atoms with E-state index in [2.05, 4.69) is 9.97 Å². The van der Waals surface area contributed by atoms with Gasteiger partial charge in [0.25, 0.3) is 0 Å². The summed E-state index contributed by atoms with van der Waals surface area (Å²) < 4.78 is 1.98. The van der Waals surface area contributed by atoms with E-state index in [9.17, 15) is 0 Å². The largest absolute Gasteiger partial charge is 0.397 e. The van der Waals surface area contributed by atoms with Crippen LogP contribution in [0.15, 0.2) is 42.9 Å². The molecule has 3 rings (SSSR count). The first kappa shape index (κ1) is 9.84. The molecule has 0 spiro atoms. The van der Waals surface area contributed by atoms with Crippen LogP contribution in [-0.2, 0) is 0 Å². The molecule has 3 aromatic rings. The summed E-state index contributed by atoms with van der Waals surface area (Å²) in [4.78, 5) is 8.72. The second-order valence-electron chi connectivity index (χ2n) is 4.01. The average Bonchev–Trinajstić information content (AvgIpc) is 2.73. The lowest BCUT2D eigenvalue weighted by molar-refractivity contribution is 1.00. The van der Waals surface area contributed by atoms with Gasteiger partial charge in [-0.05, 0) is 30.7 Å². The Morgan fingerprint density at radius 1 is 1.18 bits per heavy atom. The maximum absolute atomic E-state index is 5.71. The van der Waals surface area contributed by atoms with Gasteiger partial charge in [-0.15, -0.1) is 0 Å². The van der Waals surface area contributed by atoms with Crippen molar-refractivity contribution >= 4 is 16.7 Å². The van der Waals surface area contributed by atoms with Crippen molar-refractivity contribution in [2.75, 3.05) is 5.73 Å². The zero-order valence-corrected chi connectivity index (χ0v) is 9.46. The number of aryl methyl sites for hydroxylation is 1. The van der Waals surface area contributed by atoms with E-state index in [0.717, 1.165) is 22.4 Å². The molecule has 2 N–H and O–H groups in total. The Hall–Kier alpha value is -2.36. The van der Waals surface area contributed by atoms with Crippen LogP contribution in [0.25, 0.3) is 16.9 Å². The summed E-state index contributed by atoms with van der Waals surface area (Å²) in [6.07, 6.45) is 3.45. The minimum absolute atomic E-state index is 0.677. The lowest BCUT2D eigenvalue weighted by Gasteiger charge is -2.07. The molecule has 0 bridgehead atoms. The second kappa shape index (κ2) is 3.59. The first-order valence-corrected chi connectivity index (χ1v) is 5.40. The van der Waals surface area contributed by atoms with Gasteiger partial charge >= 0.3 is 0 Å². The number of anilines is 1. The third kappa shape index (κ3) is 1.54. The minimum atomic E-state index is 0.677. The number of rotatable bonds is 1. The van der Waals surface area contributed by atoms with Crippen LogP contribution in [0.4, 0.5) is 5.69 Å². The van der Waals surface area contributed by atoms with E-state index >= 15 is 0 Å². The molecule has 0 saturated heterocycles. The van der Waals surface area contributed by atoms with Gasteiger partial charge < -0.3 is 5.73 Å². The van der Waals surface area contributed by atoms with Crippen molar-refractivity contribution < 1.29 is 0 Å². The van der Waals surface area contributed by atoms with Crippen molar-refractivity contribution in [3.05, 3.63) is 48.4 Å². The molecule has 0 unspecified atom stereocenters. The first-order valence-electron chi connectivity index (χ1n) is 5.40. The quantitative estimate of drug-likeness (QED) is 0.690. The topological polar surface area (TPSA) is 56.7 Å². The predicted octanol–water partition coefficient (Wildman–Crippen LogP) is 2.31. The number of nitrogen functional groups attached to an aromatic ring is 1. The zero-order valence-electron chi connectivity index (χ0n) is 9.46. The number of fused-ring (bicyclic) bond motifs is 1. The van der Waals surface area contributed by atoms with Crippen molar-refractivity contribution in [2.24, 2.45) is 0 Å². The number of hydrogen-bond acceptors (Lipinski definition) is 3. The van der Waals surface area contributed by atoms with Gasteiger partial charge in [0.15, 0.2) is 0 Å². The van der Waals surface area contributed by atoms with Gasteiger partial charge in [0.1, 0.15) is 12.1 Å². The lowest BCUT2D eigenvalue weighted by Crippen LogP contribution is -2.00. The van der Waals surface area contributed by atoms with Crippen molar-refractivity contribution in [1.29, 1.82) is 0 Å². The molecule has 17 heavy (non-hydrogen) atoms. The molecule has 84 valence electrons. The van der Waals surface area contributed by atoms with Gasteiger partial charge in [0, 0.05) is 0 Å². The summed E-state index contributed by atoms with van der Waals surface area (Å²) in [6, 6.07) is 9.89. The molecule has 4 heteroatoms. The average molecular weight is 224 g/mol. The van der Waals surface area contributed by atoms with Crippen molar-refractivity contribution in [2.45, 2.75) is 6.92 Å². The fraction of sp³-hybridized carbons (Fsp3) is 0.0769. The minimum Gasteiger partial charge on any atom is -0.397 e. The van der Waals surface area contributed by atoms with Crippen LogP contribution >= 0.6 is 0 Å². The predicted molar refractivity (Wildman–Crippen MR) is 68.0 cm³/mol. The Balaban J connectivity index is 2.27. The Bertz CT molecular complexity index is 685. The van der Waals surface area contributed by atoms with Crippen molar-refractivity contribution in [1.82, 2.24) is 14.5 Å². The molecule has 0 saturated carbocycles. The highest BCUT2D eigenvalue weighted by Gasteiger charge is 2.07. The number of hydrogen-bond donors (Lipinski definition) is 1. The van der Waals surface area contributed by atoms with E-state index in [-0.39, 0.29) is 0 Å². The van der Waals surface area contributed by atoms with E-state index in [1.165, 1.54) is 0 Å². The molecule has 0 fully saturated rings. The van der Waals surface area contributed by atoms with Crippen molar-refractivity contribution in [3.8, 4) is 5.82 Å². The molecule has 0 radical (unpaired) electrons. The van der Waals surface area contributed by atoms with Crippen LogP contribution in [0.2, 0.25) is 0 Å². The molecule has 0 aliphatic rings. The Kier molecular flexibility index (Phi) is 2.08. The molecule has 0 atom stereocenters. The summed E-state index contributed by atoms with van der Waals surface area (Å²) >= 11 is 0. The van der Waals surface area contributed by atoms with Gasteiger partial charge in [-0.3, -0.25) is 4.57 Å². The highest BCUT2D eigenvalue weighted by molar-refractivity contribution is 5.77. The van der Waals surface area contributed by atoms with E-state index in [4.69, 9.17) is 5.73 Å². The zero-order chi connectivity index (χ0) is 11.8. The highest BCUT2D eigenvalue weighted by Crippen LogP contribution is 2.19. The SMILES string of the molecule is Cc1cc(N)cnc1-n1cnc2ccccc21. The van der Waals surface area contributed by atoms with Crippen LogP contribution in [0.3, 0.4) is 0 Å². The van der Waals surface area contributed by atoms with E-state index in [1.54, 1.807) is 12.5 Å². The number of nitrogens with zero attached hydrogens (tertiary/aromatic N) is 3. The molecule has 4 nitrogen and oxygen atoms in total. The first-order chi connectivity index (χ1) is 8.25. The van der Waals surface area contributed by atoms with Crippen LogP contribution in [0, 0.1) is 6.92 Å². The molecule has 0 aliphatic heterocycles. The third-order valence-electron chi connectivity index (χ3n) is 2.75. The second-order valence-corrected chi connectivity index (χ2v) is 4.01. The summed E-state index contributed by atoms with van der Waals surface area (Å²) in [5.74, 6) is 0.868. The number of imidazole rings is 1. The monoisotopic (exact) mass is 224 g/mol. The fourth-order valence-corrected chi connectivity index (χ4v) is 1.97. The highest BCUT2D eigenvalue weighted by atomic mass is 15.1. The lowest BCUT2D eigenvalue weighted by atomic mass is 10.2.